The number of hydrogen-bond donors (Lipinski definition) is 0. The first kappa shape index (κ1) is 15.1. The molecule has 1 fully saturated rings. The van der Waals surface area contributed by atoms with Crippen LogP contribution < -0.4 is 0 Å². The summed E-state index contributed by atoms with van der Waals surface area (Å²) in [6.45, 7) is 9.02. The van der Waals surface area contributed by atoms with Crippen molar-refractivity contribution in [1.82, 2.24) is 15.1 Å². The van der Waals surface area contributed by atoms with Crippen molar-refractivity contribution in [2.75, 3.05) is 13.1 Å². The minimum absolute atomic E-state index is 0.226. The smallest absolute Gasteiger partial charge is 0.410 e. The highest BCUT2D eigenvalue weighted by molar-refractivity contribution is 7.99. The molecular formula is C14H21N3O2S. The van der Waals surface area contributed by atoms with Crippen LogP contribution in [0, 0.1) is 6.92 Å². The number of thioether (sulfide) groups is 1. The second kappa shape index (κ2) is 5.99. The summed E-state index contributed by atoms with van der Waals surface area (Å²) in [4.78, 5) is 13.7. The highest BCUT2D eigenvalue weighted by atomic mass is 32.2. The first-order chi connectivity index (χ1) is 9.33. The summed E-state index contributed by atoms with van der Waals surface area (Å²) in [5, 5.41) is 9.47. The van der Waals surface area contributed by atoms with Crippen molar-refractivity contribution >= 4 is 17.9 Å². The van der Waals surface area contributed by atoms with Crippen LogP contribution in [-0.4, -0.2) is 45.1 Å². The Kier molecular flexibility index (Phi) is 4.52. The van der Waals surface area contributed by atoms with Crippen molar-refractivity contribution in [2.45, 2.75) is 50.0 Å². The third kappa shape index (κ3) is 4.37. The lowest BCUT2D eigenvalue weighted by atomic mass is 10.2. The standard InChI is InChI=1S/C14H21N3O2S/c1-10-5-6-12(16-15-10)20-11-7-8-17(9-11)13(18)19-14(2,3)4/h5-6,11H,7-9H2,1-4H3/t11-/m0/s1. The first-order valence-electron chi connectivity index (χ1n) is 6.78. The molecule has 0 bridgehead atoms. The molecule has 110 valence electrons. The Labute approximate surface area is 124 Å². The SMILES string of the molecule is Cc1ccc(S[C@H]2CCN(C(=O)OC(C)(C)C)C2)nn1. The van der Waals surface area contributed by atoms with Crippen LogP contribution in [0.15, 0.2) is 17.2 Å². The molecule has 5 nitrogen and oxygen atoms in total. The van der Waals surface area contributed by atoms with E-state index in [9.17, 15) is 4.79 Å². The molecule has 1 amide bonds. The van der Waals surface area contributed by atoms with Gasteiger partial charge in [0.2, 0.25) is 0 Å². The molecule has 1 saturated heterocycles. The normalized spacial score (nSPS) is 19.2. The lowest BCUT2D eigenvalue weighted by Gasteiger charge is -2.24. The molecule has 2 rings (SSSR count). The lowest BCUT2D eigenvalue weighted by Crippen LogP contribution is -2.35. The summed E-state index contributed by atoms with van der Waals surface area (Å²) >= 11 is 1.68. The molecule has 0 saturated carbocycles. The topological polar surface area (TPSA) is 55.3 Å². The molecule has 0 aromatic carbocycles. The molecule has 1 aromatic heterocycles. The number of aryl methyl sites for hydroxylation is 1. The highest BCUT2D eigenvalue weighted by Crippen LogP contribution is 2.28. The van der Waals surface area contributed by atoms with Crippen molar-refractivity contribution in [3.63, 3.8) is 0 Å². The average molecular weight is 295 g/mol. The van der Waals surface area contributed by atoms with Crippen molar-refractivity contribution in [1.29, 1.82) is 0 Å². The fourth-order valence-electron chi connectivity index (χ4n) is 1.94. The fourth-order valence-corrected chi connectivity index (χ4v) is 2.99. The number of amides is 1. The zero-order chi connectivity index (χ0) is 14.8. The largest absolute Gasteiger partial charge is 0.444 e. The van der Waals surface area contributed by atoms with Crippen LogP contribution >= 0.6 is 11.8 Å². The number of carbonyl (C=O) groups excluding carboxylic acids is 1. The van der Waals surface area contributed by atoms with Crippen molar-refractivity contribution in [3.05, 3.63) is 17.8 Å². The van der Waals surface area contributed by atoms with Crippen LogP contribution in [0.1, 0.15) is 32.9 Å². The average Bonchev–Trinajstić information content (AvgIpc) is 2.79. The second-order valence-corrected chi connectivity index (χ2v) is 7.29. The Hall–Kier alpha value is -1.30. The molecule has 0 aliphatic carbocycles. The van der Waals surface area contributed by atoms with Gasteiger partial charge in [0.05, 0.1) is 5.69 Å². The highest BCUT2D eigenvalue weighted by Gasteiger charge is 2.30. The van der Waals surface area contributed by atoms with Gasteiger partial charge in [-0.05, 0) is 46.2 Å². The van der Waals surface area contributed by atoms with Crippen LogP contribution in [0.2, 0.25) is 0 Å². The van der Waals surface area contributed by atoms with E-state index in [1.165, 1.54) is 0 Å². The van der Waals surface area contributed by atoms with Gasteiger partial charge >= 0.3 is 6.09 Å². The number of carbonyl (C=O) groups is 1. The van der Waals surface area contributed by atoms with Gasteiger partial charge in [-0.1, -0.05) is 11.8 Å². The van der Waals surface area contributed by atoms with E-state index >= 15 is 0 Å². The summed E-state index contributed by atoms with van der Waals surface area (Å²) in [6.07, 6.45) is 0.731. The van der Waals surface area contributed by atoms with E-state index in [4.69, 9.17) is 4.74 Å². The van der Waals surface area contributed by atoms with Gasteiger partial charge in [0.1, 0.15) is 10.6 Å². The van der Waals surface area contributed by atoms with Crippen LogP contribution in [-0.2, 0) is 4.74 Å². The second-order valence-electron chi connectivity index (χ2n) is 5.97. The number of nitrogens with zero attached hydrogens (tertiary/aromatic N) is 3. The van der Waals surface area contributed by atoms with Crippen LogP contribution in [0.5, 0.6) is 0 Å². The number of likely N-dealkylation sites (tertiary alicyclic amines) is 1. The number of rotatable bonds is 2. The van der Waals surface area contributed by atoms with Crippen molar-refractivity contribution in [3.8, 4) is 0 Å². The van der Waals surface area contributed by atoms with Crippen LogP contribution in [0.25, 0.3) is 0 Å². The van der Waals surface area contributed by atoms with Gasteiger partial charge in [0.15, 0.2) is 0 Å². The number of ether oxygens (including phenoxy) is 1. The van der Waals surface area contributed by atoms with Gasteiger partial charge in [-0.15, -0.1) is 5.10 Å². The first-order valence-corrected chi connectivity index (χ1v) is 7.66. The summed E-state index contributed by atoms with van der Waals surface area (Å²) in [6, 6.07) is 3.93. The number of aromatic nitrogens is 2. The molecule has 0 N–H and O–H groups in total. The molecule has 0 unspecified atom stereocenters. The predicted molar refractivity (Wildman–Crippen MR) is 78.8 cm³/mol. The van der Waals surface area contributed by atoms with Gasteiger partial charge in [-0.3, -0.25) is 0 Å². The van der Waals surface area contributed by atoms with Crippen LogP contribution in [0.3, 0.4) is 0 Å². The van der Waals surface area contributed by atoms with Gasteiger partial charge < -0.3 is 9.64 Å². The van der Waals surface area contributed by atoms with E-state index < -0.39 is 5.60 Å². The Morgan fingerprint density at radius 2 is 2.15 bits per heavy atom. The minimum Gasteiger partial charge on any atom is -0.444 e. The van der Waals surface area contributed by atoms with E-state index in [0.717, 1.165) is 23.7 Å². The van der Waals surface area contributed by atoms with E-state index in [0.29, 0.717) is 11.8 Å². The van der Waals surface area contributed by atoms with Crippen molar-refractivity contribution in [2.24, 2.45) is 0 Å². The Bertz CT molecular complexity index is 470. The molecule has 6 heteroatoms. The fraction of sp³-hybridized carbons (Fsp3) is 0.643. The van der Waals surface area contributed by atoms with Crippen molar-refractivity contribution < 1.29 is 9.53 Å². The van der Waals surface area contributed by atoms with Gasteiger partial charge in [-0.2, -0.15) is 5.10 Å². The quantitative estimate of drug-likeness (QED) is 0.839. The molecule has 0 radical (unpaired) electrons. The molecular weight excluding hydrogens is 274 g/mol. The maximum Gasteiger partial charge on any atom is 0.410 e. The molecule has 2 heterocycles. The lowest BCUT2D eigenvalue weighted by molar-refractivity contribution is 0.0295. The molecule has 20 heavy (non-hydrogen) atoms. The minimum atomic E-state index is -0.440. The van der Waals surface area contributed by atoms with E-state index in [-0.39, 0.29) is 6.09 Å². The third-order valence-corrected chi connectivity index (χ3v) is 4.03. The molecule has 1 atom stereocenters. The van der Waals surface area contributed by atoms with Gasteiger partial charge in [0, 0.05) is 18.3 Å². The maximum absolute atomic E-state index is 12.0. The van der Waals surface area contributed by atoms with E-state index in [2.05, 4.69) is 10.2 Å². The Morgan fingerprint density at radius 3 is 2.75 bits per heavy atom. The predicted octanol–water partition coefficient (Wildman–Crippen LogP) is 2.89. The van der Waals surface area contributed by atoms with E-state index in [1.807, 2.05) is 39.8 Å². The Morgan fingerprint density at radius 1 is 1.40 bits per heavy atom. The zero-order valence-corrected chi connectivity index (χ0v) is 13.2. The summed E-state index contributed by atoms with van der Waals surface area (Å²) in [5.74, 6) is 0. The molecule has 1 aliphatic heterocycles. The van der Waals surface area contributed by atoms with Gasteiger partial charge in [0.25, 0.3) is 0 Å². The summed E-state index contributed by atoms with van der Waals surface area (Å²) in [5.41, 5.74) is 0.473. The third-order valence-electron chi connectivity index (χ3n) is 2.86. The van der Waals surface area contributed by atoms with Crippen LogP contribution in [0.4, 0.5) is 4.79 Å². The summed E-state index contributed by atoms with van der Waals surface area (Å²) < 4.78 is 5.39. The monoisotopic (exact) mass is 295 g/mol. The molecule has 1 aliphatic rings. The van der Waals surface area contributed by atoms with Gasteiger partial charge in [-0.25, -0.2) is 4.79 Å². The van der Waals surface area contributed by atoms with E-state index in [1.54, 1.807) is 16.7 Å². The number of hydrogen-bond acceptors (Lipinski definition) is 5. The summed E-state index contributed by atoms with van der Waals surface area (Å²) in [7, 11) is 0. The molecule has 1 aromatic rings. The Balaban J connectivity index is 1.86. The molecule has 0 spiro atoms. The maximum atomic E-state index is 12.0. The zero-order valence-electron chi connectivity index (χ0n) is 12.4.